The molecular weight excluding hydrogens is 226 g/mol. The topological polar surface area (TPSA) is 40.5 Å². The van der Waals surface area contributed by atoms with Gasteiger partial charge < -0.3 is 10.0 Å². The monoisotopic (exact) mass is 253 g/mol. The van der Waals surface area contributed by atoms with E-state index in [1.165, 1.54) is 0 Å². The molecule has 2 rings (SSSR count). The number of aliphatic hydroxyl groups is 1. The molecule has 2 unspecified atom stereocenters. The summed E-state index contributed by atoms with van der Waals surface area (Å²) < 4.78 is 0. The molecule has 3 heteroatoms. The van der Waals surface area contributed by atoms with Crippen molar-refractivity contribution >= 4 is 5.91 Å². The number of amides is 1. The van der Waals surface area contributed by atoms with Crippen LogP contribution in [0.2, 0.25) is 0 Å². The molecule has 2 atom stereocenters. The van der Waals surface area contributed by atoms with Crippen LogP contribution in [0.15, 0.2) is 0 Å². The molecule has 1 N–H and O–H groups in total. The van der Waals surface area contributed by atoms with Gasteiger partial charge in [-0.3, -0.25) is 4.79 Å². The van der Waals surface area contributed by atoms with E-state index < -0.39 is 0 Å². The fourth-order valence-corrected chi connectivity index (χ4v) is 3.15. The smallest absolute Gasteiger partial charge is 0.225 e. The molecule has 1 saturated heterocycles. The van der Waals surface area contributed by atoms with Gasteiger partial charge in [-0.2, -0.15) is 0 Å². The van der Waals surface area contributed by atoms with E-state index in [2.05, 4.69) is 20.8 Å². The Labute approximate surface area is 111 Å². The molecule has 104 valence electrons. The molecule has 0 bridgehead atoms. The SMILES string of the molecule is CC1CCN(C(=O)C2CCC(C)(C)CC2)CC1O. The van der Waals surface area contributed by atoms with Crippen LogP contribution in [0.4, 0.5) is 0 Å². The van der Waals surface area contributed by atoms with Crippen LogP contribution < -0.4 is 0 Å². The summed E-state index contributed by atoms with van der Waals surface area (Å²) in [4.78, 5) is 14.3. The van der Waals surface area contributed by atoms with Gasteiger partial charge in [0.1, 0.15) is 0 Å². The third-order valence-corrected chi connectivity index (χ3v) is 4.92. The molecule has 0 aromatic rings. The first kappa shape index (κ1) is 13.9. The Kier molecular flexibility index (Phi) is 4.00. The van der Waals surface area contributed by atoms with E-state index in [0.717, 1.165) is 38.6 Å². The summed E-state index contributed by atoms with van der Waals surface area (Å²) in [5, 5.41) is 9.88. The van der Waals surface area contributed by atoms with Gasteiger partial charge in [0.2, 0.25) is 5.91 Å². The van der Waals surface area contributed by atoms with Gasteiger partial charge in [0, 0.05) is 19.0 Å². The lowest BCUT2D eigenvalue weighted by Crippen LogP contribution is -2.48. The Morgan fingerprint density at radius 2 is 1.83 bits per heavy atom. The van der Waals surface area contributed by atoms with Gasteiger partial charge in [0.25, 0.3) is 0 Å². The Bertz CT molecular complexity index is 304. The van der Waals surface area contributed by atoms with E-state index >= 15 is 0 Å². The van der Waals surface area contributed by atoms with Crippen LogP contribution in [0.5, 0.6) is 0 Å². The maximum Gasteiger partial charge on any atom is 0.225 e. The number of rotatable bonds is 1. The van der Waals surface area contributed by atoms with E-state index in [-0.39, 0.29) is 17.9 Å². The third-order valence-electron chi connectivity index (χ3n) is 4.92. The molecule has 1 saturated carbocycles. The maximum absolute atomic E-state index is 12.4. The van der Waals surface area contributed by atoms with Gasteiger partial charge >= 0.3 is 0 Å². The number of β-amino-alcohol motifs (C(OH)–C–C–N with tert-alkyl or cyclic N) is 1. The highest BCUT2D eigenvalue weighted by atomic mass is 16.3. The highest BCUT2D eigenvalue weighted by molar-refractivity contribution is 5.79. The molecule has 0 aromatic heterocycles. The zero-order chi connectivity index (χ0) is 13.3. The molecule has 0 aromatic carbocycles. The zero-order valence-corrected chi connectivity index (χ0v) is 12.0. The van der Waals surface area contributed by atoms with Crippen LogP contribution in [-0.2, 0) is 4.79 Å². The standard InChI is InChI=1S/C15H27NO2/c1-11-6-9-16(10-13(11)17)14(18)12-4-7-15(2,3)8-5-12/h11-13,17H,4-10H2,1-3H3. The number of hydrogen-bond donors (Lipinski definition) is 1. The molecule has 3 nitrogen and oxygen atoms in total. The average molecular weight is 253 g/mol. The number of aliphatic hydroxyl groups excluding tert-OH is 1. The summed E-state index contributed by atoms with van der Waals surface area (Å²) in [5.74, 6) is 0.828. The van der Waals surface area contributed by atoms with Gasteiger partial charge in [-0.25, -0.2) is 0 Å². The lowest BCUT2D eigenvalue weighted by Gasteiger charge is -2.39. The summed E-state index contributed by atoms with van der Waals surface area (Å²) in [6.07, 6.45) is 4.95. The summed E-state index contributed by atoms with van der Waals surface area (Å²) >= 11 is 0. The summed E-state index contributed by atoms with van der Waals surface area (Å²) in [7, 11) is 0. The first-order chi connectivity index (χ1) is 8.39. The predicted molar refractivity (Wildman–Crippen MR) is 72.1 cm³/mol. The second-order valence-corrected chi connectivity index (χ2v) is 7.06. The van der Waals surface area contributed by atoms with Crippen LogP contribution in [0, 0.1) is 17.3 Å². The fraction of sp³-hybridized carbons (Fsp3) is 0.933. The number of piperidine rings is 1. The Hall–Kier alpha value is -0.570. The van der Waals surface area contributed by atoms with E-state index in [1.54, 1.807) is 0 Å². The van der Waals surface area contributed by atoms with Crippen molar-refractivity contribution in [1.29, 1.82) is 0 Å². The summed E-state index contributed by atoms with van der Waals surface area (Å²) in [6, 6.07) is 0. The van der Waals surface area contributed by atoms with Crippen LogP contribution in [-0.4, -0.2) is 35.1 Å². The summed E-state index contributed by atoms with van der Waals surface area (Å²) in [5.41, 5.74) is 0.409. The van der Waals surface area contributed by atoms with Crippen molar-refractivity contribution in [2.45, 2.75) is 59.0 Å². The van der Waals surface area contributed by atoms with Crippen molar-refractivity contribution in [3.8, 4) is 0 Å². The maximum atomic E-state index is 12.4. The largest absolute Gasteiger partial charge is 0.391 e. The van der Waals surface area contributed by atoms with Crippen LogP contribution in [0.1, 0.15) is 52.9 Å². The first-order valence-corrected chi connectivity index (χ1v) is 7.36. The van der Waals surface area contributed by atoms with Crippen molar-refractivity contribution in [2.75, 3.05) is 13.1 Å². The number of likely N-dealkylation sites (tertiary alicyclic amines) is 1. The van der Waals surface area contributed by atoms with Crippen LogP contribution in [0.3, 0.4) is 0 Å². The number of nitrogens with zero attached hydrogens (tertiary/aromatic N) is 1. The average Bonchev–Trinajstić information content (AvgIpc) is 2.32. The van der Waals surface area contributed by atoms with E-state index in [4.69, 9.17) is 0 Å². The van der Waals surface area contributed by atoms with Crippen LogP contribution >= 0.6 is 0 Å². The highest BCUT2D eigenvalue weighted by Gasteiger charge is 2.35. The molecule has 1 aliphatic heterocycles. The Morgan fingerprint density at radius 3 is 2.39 bits per heavy atom. The molecule has 1 heterocycles. The van der Waals surface area contributed by atoms with Crippen LogP contribution in [0.25, 0.3) is 0 Å². The van der Waals surface area contributed by atoms with Gasteiger partial charge in [-0.15, -0.1) is 0 Å². The number of carbonyl (C=O) groups is 1. The predicted octanol–water partition coefficient (Wildman–Crippen LogP) is 2.43. The van der Waals surface area contributed by atoms with Crippen molar-refractivity contribution in [1.82, 2.24) is 4.90 Å². The molecule has 1 aliphatic carbocycles. The number of hydrogen-bond acceptors (Lipinski definition) is 2. The Balaban J connectivity index is 1.88. The minimum absolute atomic E-state index is 0.207. The van der Waals surface area contributed by atoms with E-state index in [9.17, 15) is 9.90 Å². The van der Waals surface area contributed by atoms with Crippen molar-refractivity contribution < 1.29 is 9.90 Å². The van der Waals surface area contributed by atoms with Crippen molar-refractivity contribution in [3.05, 3.63) is 0 Å². The molecular formula is C15H27NO2. The third kappa shape index (κ3) is 3.05. The minimum Gasteiger partial charge on any atom is -0.391 e. The fourth-order valence-electron chi connectivity index (χ4n) is 3.15. The quantitative estimate of drug-likeness (QED) is 0.779. The molecule has 1 amide bonds. The second-order valence-electron chi connectivity index (χ2n) is 7.06. The van der Waals surface area contributed by atoms with Crippen molar-refractivity contribution in [2.24, 2.45) is 17.3 Å². The van der Waals surface area contributed by atoms with Gasteiger partial charge in [-0.1, -0.05) is 20.8 Å². The zero-order valence-electron chi connectivity index (χ0n) is 12.0. The molecule has 2 aliphatic rings. The van der Waals surface area contributed by atoms with Gasteiger partial charge in [0.05, 0.1) is 6.10 Å². The lowest BCUT2D eigenvalue weighted by molar-refractivity contribution is -0.141. The number of carbonyl (C=O) groups excluding carboxylic acids is 1. The normalized spacial score (nSPS) is 33.4. The van der Waals surface area contributed by atoms with E-state index in [0.29, 0.717) is 17.9 Å². The van der Waals surface area contributed by atoms with E-state index in [1.807, 2.05) is 4.90 Å². The first-order valence-electron chi connectivity index (χ1n) is 7.36. The second kappa shape index (κ2) is 5.20. The Morgan fingerprint density at radius 1 is 1.22 bits per heavy atom. The highest BCUT2D eigenvalue weighted by Crippen LogP contribution is 2.38. The van der Waals surface area contributed by atoms with Gasteiger partial charge in [-0.05, 0) is 43.4 Å². The molecule has 18 heavy (non-hydrogen) atoms. The lowest BCUT2D eigenvalue weighted by atomic mass is 9.72. The molecule has 0 radical (unpaired) electrons. The molecule has 0 spiro atoms. The van der Waals surface area contributed by atoms with Gasteiger partial charge in [0.15, 0.2) is 0 Å². The minimum atomic E-state index is -0.331. The van der Waals surface area contributed by atoms with Crippen molar-refractivity contribution in [3.63, 3.8) is 0 Å². The molecule has 2 fully saturated rings. The summed E-state index contributed by atoms with van der Waals surface area (Å²) in [6.45, 7) is 8.02.